The number of methoxy groups -OCH3 is 1. The minimum absolute atomic E-state index is 0.135. The second-order valence-corrected chi connectivity index (χ2v) is 8.82. The molecule has 0 aromatic carbocycles. The van der Waals surface area contributed by atoms with Crippen LogP contribution in [0.3, 0.4) is 0 Å². The molecular formula is C21H33NO4. The number of amides is 2. The standard InChI is InChI=1S/C21H33NO4/c1-11(2)14-8-7-12(3)9-15(14)26-19-13(4)10-16(25-6)17-18(19)21(24)22(5)20(17)23/h10-12,14-19H,7-9H2,1-6H3/t12-,14+,15-,16-,17-,18-,19-/m1/s1. The maximum absolute atomic E-state index is 12.8. The van der Waals surface area contributed by atoms with Gasteiger partial charge in [0.15, 0.2) is 0 Å². The molecule has 1 heterocycles. The molecule has 3 rings (SSSR count). The Bertz CT molecular complexity index is 599. The Morgan fingerprint density at radius 1 is 1.15 bits per heavy atom. The van der Waals surface area contributed by atoms with Crippen molar-refractivity contribution in [2.75, 3.05) is 14.2 Å². The molecule has 5 heteroatoms. The minimum atomic E-state index is -0.468. The maximum Gasteiger partial charge on any atom is 0.235 e. The van der Waals surface area contributed by atoms with Crippen LogP contribution in [0.2, 0.25) is 0 Å². The van der Waals surface area contributed by atoms with Crippen LogP contribution in [0, 0.1) is 29.6 Å². The summed E-state index contributed by atoms with van der Waals surface area (Å²) < 4.78 is 12.2. The van der Waals surface area contributed by atoms with Crippen LogP contribution in [0.5, 0.6) is 0 Å². The zero-order valence-electron chi connectivity index (χ0n) is 16.9. The topological polar surface area (TPSA) is 55.8 Å². The van der Waals surface area contributed by atoms with Gasteiger partial charge in [0.25, 0.3) is 0 Å². The summed E-state index contributed by atoms with van der Waals surface area (Å²) in [5.74, 6) is 0.464. The first-order chi connectivity index (χ1) is 12.3. The van der Waals surface area contributed by atoms with Crippen LogP contribution in [0.25, 0.3) is 0 Å². The third-order valence-corrected chi connectivity index (χ3v) is 6.73. The molecule has 146 valence electrons. The van der Waals surface area contributed by atoms with E-state index in [9.17, 15) is 9.59 Å². The van der Waals surface area contributed by atoms with Crippen molar-refractivity contribution < 1.29 is 19.1 Å². The largest absolute Gasteiger partial charge is 0.377 e. The Morgan fingerprint density at radius 2 is 1.81 bits per heavy atom. The fourth-order valence-electron chi connectivity index (χ4n) is 5.13. The summed E-state index contributed by atoms with van der Waals surface area (Å²) in [5, 5.41) is 0. The molecule has 5 nitrogen and oxygen atoms in total. The summed E-state index contributed by atoms with van der Waals surface area (Å²) in [6, 6.07) is 0. The molecule has 1 saturated heterocycles. The van der Waals surface area contributed by atoms with Crippen molar-refractivity contribution in [1.82, 2.24) is 4.90 Å². The Labute approximate surface area is 157 Å². The third-order valence-electron chi connectivity index (χ3n) is 6.73. The summed E-state index contributed by atoms with van der Waals surface area (Å²) >= 11 is 0. The van der Waals surface area contributed by atoms with Gasteiger partial charge in [0.1, 0.15) is 0 Å². The van der Waals surface area contributed by atoms with Gasteiger partial charge in [-0.2, -0.15) is 0 Å². The highest BCUT2D eigenvalue weighted by Crippen LogP contribution is 2.43. The van der Waals surface area contributed by atoms with Crippen LogP contribution >= 0.6 is 0 Å². The van der Waals surface area contributed by atoms with E-state index in [1.165, 1.54) is 17.7 Å². The Morgan fingerprint density at radius 3 is 2.42 bits per heavy atom. The molecule has 26 heavy (non-hydrogen) atoms. The van der Waals surface area contributed by atoms with Gasteiger partial charge in [-0.15, -0.1) is 0 Å². The Kier molecular flexibility index (Phi) is 5.59. The third kappa shape index (κ3) is 3.24. The molecule has 1 aliphatic heterocycles. The van der Waals surface area contributed by atoms with E-state index in [-0.39, 0.29) is 30.1 Å². The summed E-state index contributed by atoms with van der Waals surface area (Å²) in [7, 11) is 3.17. The molecule has 7 atom stereocenters. The number of hydrogen-bond acceptors (Lipinski definition) is 4. The molecule has 1 saturated carbocycles. The van der Waals surface area contributed by atoms with Gasteiger partial charge < -0.3 is 9.47 Å². The Hall–Kier alpha value is -1.20. The van der Waals surface area contributed by atoms with Gasteiger partial charge in [0.2, 0.25) is 11.8 Å². The highest BCUT2D eigenvalue weighted by atomic mass is 16.5. The molecule has 0 aromatic rings. The second kappa shape index (κ2) is 7.43. The molecule has 0 spiro atoms. The summed E-state index contributed by atoms with van der Waals surface area (Å²) in [6.45, 7) is 8.78. The molecule has 3 aliphatic rings. The summed E-state index contributed by atoms with van der Waals surface area (Å²) in [4.78, 5) is 26.7. The van der Waals surface area contributed by atoms with Crippen LogP contribution in [-0.2, 0) is 19.1 Å². The van der Waals surface area contributed by atoms with Gasteiger partial charge in [-0.25, -0.2) is 0 Å². The van der Waals surface area contributed by atoms with E-state index in [0.717, 1.165) is 12.0 Å². The first-order valence-electron chi connectivity index (χ1n) is 9.94. The lowest BCUT2D eigenvalue weighted by atomic mass is 9.74. The first kappa shape index (κ1) is 19.6. The van der Waals surface area contributed by atoms with Gasteiger partial charge in [0, 0.05) is 14.2 Å². The van der Waals surface area contributed by atoms with Crippen LogP contribution in [0.4, 0.5) is 0 Å². The number of carbonyl (C=O) groups is 2. The maximum atomic E-state index is 12.8. The first-order valence-corrected chi connectivity index (χ1v) is 9.94. The minimum Gasteiger partial charge on any atom is -0.377 e. The van der Waals surface area contributed by atoms with E-state index in [2.05, 4.69) is 20.8 Å². The van der Waals surface area contributed by atoms with Gasteiger partial charge in [-0.05, 0) is 43.1 Å². The number of likely N-dealkylation sites (tertiary alicyclic amines) is 1. The number of fused-ring (bicyclic) bond motifs is 1. The highest BCUT2D eigenvalue weighted by molar-refractivity contribution is 6.06. The smallest absolute Gasteiger partial charge is 0.235 e. The molecule has 0 aromatic heterocycles. The van der Waals surface area contributed by atoms with Gasteiger partial charge in [0.05, 0.1) is 30.1 Å². The van der Waals surface area contributed by atoms with Crippen LogP contribution in [0.15, 0.2) is 11.6 Å². The Balaban J connectivity index is 1.90. The van der Waals surface area contributed by atoms with Crippen molar-refractivity contribution in [3.63, 3.8) is 0 Å². The molecule has 0 bridgehead atoms. The fraction of sp³-hybridized carbons (Fsp3) is 0.810. The fourth-order valence-corrected chi connectivity index (χ4v) is 5.13. The number of hydrogen-bond donors (Lipinski definition) is 0. The number of rotatable bonds is 4. The molecule has 2 amide bonds. The summed E-state index contributed by atoms with van der Waals surface area (Å²) in [5.41, 5.74) is 1.01. The summed E-state index contributed by atoms with van der Waals surface area (Å²) in [6.07, 6.45) is 4.86. The molecule has 0 N–H and O–H groups in total. The van der Waals surface area contributed by atoms with E-state index in [4.69, 9.17) is 9.47 Å². The van der Waals surface area contributed by atoms with E-state index >= 15 is 0 Å². The zero-order chi connectivity index (χ0) is 19.2. The number of carbonyl (C=O) groups excluding carboxylic acids is 2. The van der Waals surface area contributed by atoms with E-state index in [1.807, 2.05) is 13.0 Å². The zero-order valence-corrected chi connectivity index (χ0v) is 16.9. The normalized spacial score (nSPS) is 40.8. The van der Waals surface area contributed by atoms with E-state index in [0.29, 0.717) is 17.8 Å². The molecule has 2 fully saturated rings. The van der Waals surface area contributed by atoms with Gasteiger partial charge in [-0.3, -0.25) is 14.5 Å². The second-order valence-electron chi connectivity index (χ2n) is 8.82. The average Bonchev–Trinajstić information content (AvgIpc) is 2.81. The van der Waals surface area contributed by atoms with Gasteiger partial charge >= 0.3 is 0 Å². The van der Waals surface area contributed by atoms with Crippen LogP contribution in [-0.4, -0.2) is 49.2 Å². The van der Waals surface area contributed by atoms with Crippen molar-refractivity contribution in [3.05, 3.63) is 11.6 Å². The van der Waals surface area contributed by atoms with E-state index < -0.39 is 11.8 Å². The van der Waals surface area contributed by atoms with E-state index in [1.54, 1.807) is 14.2 Å². The molecule has 0 radical (unpaired) electrons. The molecule has 0 unspecified atom stereocenters. The number of imide groups is 1. The van der Waals surface area contributed by atoms with Crippen molar-refractivity contribution >= 4 is 11.8 Å². The number of nitrogens with zero attached hydrogens (tertiary/aromatic N) is 1. The number of ether oxygens (including phenoxy) is 2. The molecule has 2 aliphatic carbocycles. The predicted octanol–water partition coefficient (Wildman–Crippen LogP) is 3.04. The van der Waals surface area contributed by atoms with Crippen LogP contribution < -0.4 is 0 Å². The lowest BCUT2D eigenvalue weighted by Crippen LogP contribution is -2.47. The quantitative estimate of drug-likeness (QED) is 0.569. The SMILES string of the molecule is CO[C@@H]1C=C(C)[C@@H](O[C@@H]2C[C@H](C)CC[C@H]2C(C)C)[C@@H]2C(=O)N(C)C(=O)[C@@H]21. The van der Waals surface area contributed by atoms with Crippen molar-refractivity contribution in [3.8, 4) is 0 Å². The highest BCUT2D eigenvalue weighted by Gasteiger charge is 2.56. The monoisotopic (exact) mass is 363 g/mol. The van der Waals surface area contributed by atoms with Crippen molar-refractivity contribution in [2.24, 2.45) is 29.6 Å². The van der Waals surface area contributed by atoms with Gasteiger partial charge in [-0.1, -0.05) is 33.3 Å². The average molecular weight is 363 g/mol. The lowest BCUT2D eigenvalue weighted by Gasteiger charge is -2.42. The van der Waals surface area contributed by atoms with Crippen LogP contribution in [0.1, 0.15) is 47.0 Å². The lowest BCUT2D eigenvalue weighted by molar-refractivity contribution is -0.142. The molecular weight excluding hydrogens is 330 g/mol. The van der Waals surface area contributed by atoms with Crippen molar-refractivity contribution in [2.45, 2.75) is 65.3 Å². The predicted molar refractivity (Wildman–Crippen MR) is 99.3 cm³/mol. The van der Waals surface area contributed by atoms with Crippen molar-refractivity contribution in [1.29, 1.82) is 0 Å².